The fourth-order valence-electron chi connectivity index (χ4n) is 2.81. The van der Waals surface area contributed by atoms with Crippen LogP contribution in [0.2, 0.25) is 0 Å². The van der Waals surface area contributed by atoms with E-state index >= 15 is 0 Å². The average Bonchev–Trinajstić information content (AvgIpc) is 2.52. The second-order valence-electron chi connectivity index (χ2n) is 7.17. The van der Waals surface area contributed by atoms with Gasteiger partial charge in [-0.15, -0.1) is 0 Å². The molecule has 0 nitrogen and oxygen atoms in total. The molecule has 0 amide bonds. The van der Waals surface area contributed by atoms with Gasteiger partial charge >= 0.3 is 0 Å². The van der Waals surface area contributed by atoms with Crippen molar-refractivity contribution in [3.8, 4) is 0 Å². The highest BCUT2D eigenvalue weighted by Gasteiger charge is 2.01. The highest BCUT2D eigenvalue weighted by molar-refractivity contribution is 5.55. The van der Waals surface area contributed by atoms with Gasteiger partial charge in [0.05, 0.1) is 0 Å². The predicted molar refractivity (Wildman–Crippen MR) is 110 cm³/mol. The summed E-state index contributed by atoms with van der Waals surface area (Å²) in [6.45, 7) is 17.0. The van der Waals surface area contributed by atoms with Gasteiger partial charge in [-0.25, -0.2) is 0 Å². The van der Waals surface area contributed by atoms with E-state index in [2.05, 4.69) is 90.6 Å². The Kier molecular flexibility index (Phi) is 8.54. The second kappa shape index (κ2) is 10.1. The molecule has 0 heteroatoms. The molecule has 0 spiro atoms. The summed E-state index contributed by atoms with van der Waals surface area (Å²) in [6, 6.07) is 6.37. The molecule has 0 bridgehead atoms. The zero-order valence-corrected chi connectivity index (χ0v) is 16.4. The van der Waals surface area contributed by atoms with Crippen molar-refractivity contribution in [1.29, 1.82) is 0 Å². The highest BCUT2D eigenvalue weighted by atomic mass is 14.1. The SMILES string of the molecule is C=c1ccc(C)c/c1=C(\C)C=C(C)C.CCCC1=CCC(C)C=C1. The molecule has 1 unspecified atom stereocenters. The number of rotatable bonds is 3. The maximum absolute atomic E-state index is 4.04. The Hall–Kier alpha value is -1.82. The van der Waals surface area contributed by atoms with E-state index in [1.807, 2.05) is 0 Å². The monoisotopic (exact) mass is 322 g/mol. The Balaban J connectivity index is 0.000000254. The molecule has 1 aliphatic rings. The highest BCUT2D eigenvalue weighted by Crippen LogP contribution is 2.18. The fourth-order valence-corrected chi connectivity index (χ4v) is 2.81. The minimum atomic E-state index is 0.764. The largest absolute Gasteiger partial charge is 0.0911 e. The molecule has 1 aromatic rings. The molecule has 0 saturated heterocycles. The summed E-state index contributed by atoms with van der Waals surface area (Å²) in [5, 5.41) is 2.36. The second-order valence-corrected chi connectivity index (χ2v) is 7.17. The van der Waals surface area contributed by atoms with Crippen LogP contribution < -0.4 is 10.4 Å². The first kappa shape index (κ1) is 20.2. The van der Waals surface area contributed by atoms with E-state index in [4.69, 9.17) is 0 Å². The van der Waals surface area contributed by atoms with Gasteiger partial charge < -0.3 is 0 Å². The van der Waals surface area contributed by atoms with Gasteiger partial charge in [-0.2, -0.15) is 0 Å². The van der Waals surface area contributed by atoms with Crippen LogP contribution in [0.3, 0.4) is 0 Å². The maximum Gasteiger partial charge on any atom is -0.0158 e. The summed E-state index contributed by atoms with van der Waals surface area (Å²) >= 11 is 0. The Morgan fingerprint density at radius 2 is 1.96 bits per heavy atom. The van der Waals surface area contributed by atoms with Gasteiger partial charge in [-0.05, 0) is 62.5 Å². The van der Waals surface area contributed by atoms with Crippen molar-refractivity contribution in [2.24, 2.45) is 5.92 Å². The molecule has 24 heavy (non-hydrogen) atoms. The van der Waals surface area contributed by atoms with Gasteiger partial charge in [-0.3, -0.25) is 0 Å². The summed E-state index contributed by atoms with van der Waals surface area (Å²) in [7, 11) is 0. The van der Waals surface area contributed by atoms with Crippen LogP contribution in [0.5, 0.6) is 0 Å². The number of hydrogen-bond acceptors (Lipinski definition) is 0. The van der Waals surface area contributed by atoms with E-state index in [1.54, 1.807) is 0 Å². The number of aryl methyl sites for hydroxylation is 1. The summed E-state index contributed by atoms with van der Waals surface area (Å²) in [5.41, 5.74) is 5.43. The van der Waals surface area contributed by atoms with Crippen LogP contribution >= 0.6 is 0 Å². The molecule has 0 radical (unpaired) electrons. The van der Waals surface area contributed by atoms with Crippen LogP contribution in [0.25, 0.3) is 12.2 Å². The lowest BCUT2D eigenvalue weighted by atomic mass is 9.96. The van der Waals surface area contributed by atoms with Gasteiger partial charge in [-0.1, -0.05) is 86.1 Å². The molecule has 1 aliphatic carbocycles. The third-order valence-electron chi connectivity index (χ3n) is 4.12. The molecule has 1 aromatic carbocycles. The number of benzene rings is 1. The molecule has 0 heterocycles. The van der Waals surface area contributed by atoms with Crippen molar-refractivity contribution in [2.75, 3.05) is 0 Å². The third kappa shape index (κ3) is 7.17. The zero-order valence-electron chi connectivity index (χ0n) is 16.4. The van der Waals surface area contributed by atoms with E-state index in [1.165, 1.54) is 46.8 Å². The molecule has 0 fully saturated rings. The lowest BCUT2D eigenvalue weighted by Crippen LogP contribution is -2.24. The van der Waals surface area contributed by atoms with E-state index in [0.717, 1.165) is 11.1 Å². The van der Waals surface area contributed by atoms with Crippen molar-refractivity contribution < 1.29 is 0 Å². The van der Waals surface area contributed by atoms with Gasteiger partial charge in [0, 0.05) is 0 Å². The molecular formula is C24H34. The van der Waals surface area contributed by atoms with Crippen molar-refractivity contribution >= 4 is 12.2 Å². The smallest absolute Gasteiger partial charge is 0.0158 e. The Morgan fingerprint density at radius 1 is 1.25 bits per heavy atom. The summed E-state index contributed by atoms with van der Waals surface area (Å²) in [4.78, 5) is 0. The Labute approximate surface area is 149 Å². The van der Waals surface area contributed by atoms with E-state index in [-0.39, 0.29) is 0 Å². The van der Waals surface area contributed by atoms with Crippen molar-refractivity contribution in [2.45, 2.75) is 60.8 Å². The van der Waals surface area contributed by atoms with Crippen LogP contribution in [0, 0.1) is 12.8 Å². The van der Waals surface area contributed by atoms with Crippen LogP contribution in [-0.2, 0) is 0 Å². The lowest BCUT2D eigenvalue weighted by Gasteiger charge is -2.10. The van der Waals surface area contributed by atoms with E-state index in [9.17, 15) is 0 Å². The molecule has 2 rings (SSSR count). The first-order valence-corrected chi connectivity index (χ1v) is 9.12. The number of allylic oxidation sites excluding steroid dienone is 6. The minimum absolute atomic E-state index is 0.764. The van der Waals surface area contributed by atoms with Crippen LogP contribution in [-0.4, -0.2) is 0 Å². The molecule has 1 atom stereocenters. The van der Waals surface area contributed by atoms with Gasteiger partial charge in [0.25, 0.3) is 0 Å². The number of hydrogen-bond donors (Lipinski definition) is 0. The summed E-state index contributed by atoms with van der Waals surface area (Å²) in [5.74, 6) is 0.764. The summed E-state index contributed by atoms with van der Waals surface area (Å²) in [6.07, 6.45) is 12.9. The first-order valence-electron chi connectivity index (χ1n) is 9.12. The topological polar surface area (TPSA) is 0 Å². The molecular weight excluding hydrogens is 288 g/mol. The van der Waals surface area contributed by atoms with Gasteiger partial charge in [0.1, 0.15) is 0 Å². The Bertz CT molecular complexity index is 722. The van der Waals surface area contributed by atoms with Crippen LogP contribution in [0.15, 0.2) is 53.6 Å². The zero-order chi connectivity index (χ0) is 18.1. The van der Waals surface area contributed by atoms with Gasteiger partial charge in [0.15, 0.2) is 0 Å². The third-order valence-corrected chi connectivity index (χ3v) is 4.12. The van der Waals surface area contributed by atoms with Gasteiger partial charge in [0.2, 0.25) is 0 Å². The van der Waals surface area contributed by atoms with Crippen molar-refractivity contribution in [3.63, 3.8) is 0 Å². The van der Waals surface area contributed by atoms with E-state index < -0.39 is 0 Å². The normalized spacial score (nSPS) is 17.4. The van der Waals surface area contributed by atoms with Crippen LogP contribution in [0.4, 0.5) is 0 Å². The average molecular weight is 323 g/mol. The maximum atomic E-state index is 4.04. The molecule has 0 aliphatic heterocycles. The standard InChI is InChI=1S/C14H18.C10H16/c1-10(2)8-13(5)14-9-11(3)6-7-12(14)4;1-3-4-10-7-5-9(2)6-8-10/h6-9H,4H2,1-3,5H3;5,7-9H,3-4,6H2,1-2H3/b14-13-;. The van der Waals surface area contributed by atoms with Crippen molar-refractivity contribution in [1.82, 2.24) is 0 Å². The van der Waals surface area contributed by atoms with E-state index in [0.29, 0.717) is 0 Å². The molecule has 0 saturated carbocycles. The molecule has 0 aromatic heterocycles. The molecule has 0 N–H and O–H groups in total. The molecule has 130 valence electrons. The minimum Gasteiger partial charge on any atom is -0.0911 e. The van der Waals surface area contributed by atoms with Crippen LogP contribution in [0.1, 0.15) is 59.4 Å². The quantitative estimate of drug-likeness (QED) is 0.654. The predicted octanol–water partition coefficient (Wildman–Crippen LogP) is 5.85. The fraction of sp³-hybridized carbons (Fsp3) is 0.417. The lowest BCUT2D eigenvalue weighted by molar-refractivity contribution is 0.722. The first-order chi connectivity index (χ1) is 11.3. The summed E-state index contributed by atoms with van der Waals surface area (Å²) < 4.78 is 0. The van der Waals surface area contributed by atoms with Crippen molar-refractivity contribution in [3.05, 3.63) is 69.7 Å². The Morgan fingerprint density at radius 3 is 2.50 bits per heavy atom.